The second kappa shape index (κ2) is 6.98. The van der Waals surface area contributed by atoms with Crippen molar-refractivity contribution in [2.75, 3.05) is 31.1 Å². The fourth-order valence-corrected chi connectivity index (χ4v) is 3.76. The lowest BCUT2D eigenvalue weighted by Gasteiger charge is -2.36. The van der Waals surface area contributed by atoms with E-state index in [1.807, 2.05) is 24.2 Å². The molecule has 2 aliphatic heterocycles. The van der Waals surface area contributed by atoms with Crippen LogP contribution in [0.4, 0.5) is 5.82 Å². The van der Waals surface area contributed by atoms with Gasteiger partial charge in [-0.2, -0.15) is 5.10 Å². The molecule has 1 saturated heterocycles. The molecule has 1 aromatic heterocycles. The third kappa shape index (κ3) is 3.32. The van der Waals surface area contributed by atoms with E-state index in [4.69, 9.17) is 4.74 Å². The van der Waals surface area contributed by atoms with Crippen LogP contribution >= 0.6 is 0 Å². The number of benzene rings is 1. The molecule has 0 aliphatic carbocycles. The minimum Gasteiger partial charge on any atom is -0.366 e. The Labute approximate surface area is 148 Å². The van der Waals surface area contributed by atoms with E-state index < -0.39 is 6.10 Å². The van der Waals surface area contributed by atoms with Crippen LogP contribution in [-0.4, -0.2) is 52.9 Å². The Hall–Kier alpha value is -2.18. The van der Waals surface area contributed by atoms with Gasteiger partial charge in [-0.1, -0.05) is 30.3 Å². The summed E-state index contributed by atoms with van der Waals surface area (Å²) in [6.45, 7) is 3.68. The van der Waals surface area contributed by atoms with Gasteiger partial charge in [0, 0.05) is 38.8 Å². The molecule has 2 aromatic rings. The van der Waals surface area contributed by atoms with Crippen LogP contribution in [0, 0.1) is 0 Å². The summed E-state index contributed by atoms with van der Waals surface area (Å²) in [7, 11) is 1.90. The van der Waals surface area contributed by atoms with Crippen molar-refractivity contribution in [3.05, 3.63) is 47.7 Å². The highest BCUT2D eigenvalue weighted by Gasteiger charge is 2.34. The molecule has 1 fully saturated rings. The molecule has 132 valence electrons. The smallest absolute Gasteiger partial charge is 0.258 e. The number of hydrogen-bond acceptors (Lipinski definition) is 4. The van der Waals surface area contributed by atoms with Crippen molar-refractivity contribution in [3.8, 4) is 0 Å². The molecule has 0 saturated carbocycles. The fraction of sp³-hybridized carbons (Fsp3) is 0.474. The van der Waals surface area contributed by atoms with Crippen molar-refractivity contribution in [2.45, 2.75) is 25.5 Å². The van der Waals surface area contributed by atoms with Crippen molar-refractivity contribution in [1.29, 1.82) is 0 Å². The lowest BCUT2D eigenvalue weighted by Crippen LogP contribution is -2.52. The topological polar surface area (TPSA) is 50.6 Å². The average Bonchev–Trinajstić information content (AvgIpc) is 3.04. The molecule has 1 amide bonds. The number of fused-ring (bicyclic) bond motifs is 1. The van der Waals surface area contributed by atoms with Crippen LogP contribution < -0.4 is 4.90 Å². The third-order valence-electron chi connectivity index (χ3n) is 5.01. The van der Waals surface area contributed by atoms with Gasteiger partial charge in [0.15, 0.2) is 0 Å². The number of morpholine rings is 1. The Balaban J connectivity index is 1.46. The van der Waals surface area contributed by atoms with E-state index in [2.05, 4.69) is 34.3 Å². The number of aromatic nitrogens is 2. The molecular formula is C19H24N4O2. The number of ether oxygens (including phenoxy) is 1. The van der Waals surface area contributed by atoms with E-state index >= 15 is 0 Å². The number of carbonyl (C=O) groups excluding carboxylic acids is 1. The molecule has 6 heteroatoms. The first-order valence-electron chi connectivity index (χ1n) is 8.92. The Kier molecular flexibility index (Phi) is 4.55. The van der Waals surface area contributed by atoms with Crippen LogP contribution in [0.2, 0.25) is 0 Å². The largest absolute Gasteiger partial charge is 0.366 e. The Morgan fingerprint density at radius 3 is 2.96 bits per heavy atom. The van der Waals surface area contributed by atoms with Gasteiger partial charge in [0.1, 0.15) is 11.9 Å². The van der Waals surface area contributed by atoms with Crippen LogP contribution in [-0.2, 0) is 29.5 Å². The first-order valence-corrected chi connectivity index (χ1v) is 8.92. The lowest BCUT2D eigenvalue weighted by atomic mass is 10.1. The standard InChI is InChI=1S/C19H24N4O2/c1-21-18-16(12-20-21)8-5-9-23(18)19(24)17-14-22(10-11-25-17)13-15-6-3-2-4-7-15/h2-4,6-7,12,17H,5,8-11,13-14H2,1H3. The van der Waals surface area contributed by atoms with Crippen LogP contribution in [0.25, 0.3) is 0 Å². The molecule has 25 heavy (non-hydrogen) atoms. The SMILES string of the molecule is Cn1ncc2c1N(C(=O)C1CN(Cc3ccccc3)CCO1)CCC2. The van der Waals surface area contributed by atoms with Gasteiger partial charge in [-0.3, -0.25) is 19.3 Å². The first-order chi connectivity index (χ1) is 12.2. The summed E-state index contributed by atoms with van der Waals surface area (Å²) in [5.41, 5.74) is 2.42. The number of carbonyl (C=O) groups is 1. The van der Waals surface area contributed by atoms with Crippen molar-refractivity contribution >= 4 is 11.7 Å². The molecule has 0 N–H and O–H groups in total. The second-order valence-corrected chi connectivity index (χ2v) is 6.79. The zero-order valence-corrected chi connectivity index (χ0v) is 14.6. The van der Waals surface area contributed by atoms with Crippen LogP contribution in [0.1, 0.15) is 17.5 Å². The highest BCUT2D eigenvalue weighted by Crippen LogP contribution is 2.27. The van der Waals surface area contributed by atoms with Gasteiger partial charge in [0.2, 0.25) is 0 Å². The van der Waals surface area contributed by atoms with Crippen molar-refractivity contribution in [3.63, 3.8) is 0 Å². The molecule has 6 nitrogen and oxygen atoms in total. The van der Waals surface area contributed by atoms with Gasteiger partial charge in [0.25, 0.3) is 5.91 Å². The van der Waals surface area contributed by atoms with Gasteiger partial charge in [-0.25, -0.2) is 0 Å². The summed E-state index contributed by atoms with van der Waals surface area (Å²) in [6, 6.07) is 10.4. The molecule has 0 radical (unpaired) electrons. The molecule has 1 aromatic carbocycles. The number of rotatable bonds is 3. The average molecular weight is 340 g/mol. The lowest BCUT2D eigenvalue weighted by molar-refractivity contribution is -0.136. The summed E-state index contributed by atoms with van der Waals surface area (Å²) in [5.74, 6) is 0.988. The maximum absolute atomic E-state index is 13.1. The van der Waals surface area contributed by atoms with Crippen molar-refractivity contribution in [2.24, 2.45) is 7.05 Å². The molecule has 2 aliphatic rings. The number of nitrogens with zero attached hydrogens (tertiary/aromatic N) is 4. The monoisotopic (exact) mass is 340 g/mol. The summed E-state index contributed by atoms with van der Waals surface area (Å²) in [6.07, 6.45) is 3.43. The van der Waals surface area contributed by atoms with E-state index in [-0.39, 0.29) is 5.91 Å². The first kappa shape index (κ1) is 16.3. The van der Waals surface area contributed by atoms with Crippen LogP contribution in [0.5, 0.6) is 0 Å². The number of amides is 1. The van der Waals surface area contributed by atoms with Gasteiger partial charge in [-0.15, -0.1) is 0 Å². The van der Waals surface area contributed by atoms with Crippen LogP contribution in [0.3, 0.4) is 0 Å². The molecule has 0 bridgehead atoms. The minimum absolute atomic E-state index is 0.0577. The summed E-state index contributed by atoms with van der Waals surface area (Å²) >= 11 is 0. The predicted molar refractivity (Wildman–Crippen MR) is 95.3 cm³/mol. The highest BCUT2D eigenvalue weighted by molar-refractivity contribution is 5.97. The Morgan fingerprint density at radius 1 is 1.28 bits per heavy atom. The fourth-order valence-electron chi connectivity index (χ4n) is 3.76. The summed E-state index contributed by atoms with van der Waals surface area (Å²) < 4.78 is 7.63. The number of anilines is 1. The Morgan fingerprint density at radius 2 is 2.12 bits per heavy atom. The molecule has 1 unspecified atom stereocenters. The molecular weight excluding hydrogens is 316 g/mol. The predicted octanol–water partition coefficient (Wildman–Crippen LogP) is 1.60. The zero-order chi connectivity index (χ0) is 17.2. The van der Waals surface area contributed by atoms with Crippen molar-refractivity contribution in [1.82, 2.24) is 14.7 Å². The van der Waals surface area contributed by atoms with Gasteiger partial charge in [-0.05, 0) is 18.4 Å². The van der Waals surface area contributed by atoms with Crippen molar-refractivity contribution < 1.29 is 9.53 Å². The van der Waals surface area contributed by atoms with Crippen LogP contribution in [0.15, 0.2) is 36.5 Å². The van der Waals surface area contributed by atoms with E-state index in [9.17, 15) is 4.79 Å². The van der Waals surface area contributed by atoms with E-state index in [0.29, 0.717) is 13.2 Å². The van der Waals surface area contributed by atoms with Gasteiger partial charge >= 0.3 is 0 Å². The molecule has 0 spiro atoms. The second-order valence-electron chi connectivity index (χ2n) is 6.79. The van der Waals surface area contributed by atoms with Gasteiger partial charge in [0.05, 0.1) is 12.8 Å². The molecule has 1 atom stereocenters. The van der Waals surface area contributed by atoms with E-state index in [1.165, 1.54) is 5.56 Å². The Bertz CT molecular complexity index is 743. The van der Waals surface area contributed by atoms with E-state index in [0.717, 1.165) is 43.9 Å². The minimum atomic E-state index is -0.404. The zero-order valence-electron chi connectivity index (χ0n) is 14.6. The maximum Gasteiger partial charge on any atom is 0.258 e. The highest BCUT2D eigenvalue weighted by atomic mass is 16.5. The molecule has 4 rings (SSSR count). The maximum atomic E-state index is 13.1. The van der Waals surface area contributed by atoms with Gasteiger partial charge < -0.3 is 4.74 Å². The quantitative estimate of drug-likeness (QED) is 0.852. The number of aryl methyl sites for hydroxylation is 2. The third-order valence-corrected chi connectivity index (χ3v) is 5.01. The normalized spacial score (nSPS) is 21.2. The summed E-state index contributed by atoms with van der Waals surface area (Å²) in [5, 5.41) is 4.32. The van der Waals surface area contributed by atoms with E-state index in [1.54, 1.807) is 4.68 Å². The number of hydrogen-bond donors (Lipinski definition) is 0. The summed E-state index contributed by atoms with van der Waals surface area (Å²) in [4.78, 5) is 17.3. The molecule has 3 heterocycles.